The van der Waals surface area contributed by atoms with Crippen LogP contribution in [0.5, 0.6) is 0 Å². The Morgan fingerprint density at radius 2 is 1.96 bits per heavy atom. The minimum atomic E-state index is -0.393. The number of rotatable bonds is 3. The van der Waals surface area contributed by atoms with E-state index < -0.39 is 5.91 Å². The minimum absolute atomic E-state index is 0.203. The summed E-state index contributed by atoms with van der Waals surface area (Å²) < 4.78 is 3.06. The fourth-order valence-electron chi connectivity index (χ4n) is 3.18. The van der Waals surface area contributed by atoms with Crippen LogP contribution in [-0.4, -0.2) is 17.7 Å². The number of hydroxylamine groups is 1. The quantitative estimate of drug-likeness (QED) is 0.673. The summed E-state index contributed by atoms with van der Waals surface area (Å²) in [5.41, 5.74) is 11.6. The molecule has 3 N–H and O–H groups in total. The van der Waals surface area contributed by atoms with Gasteiger partial charge in [-0.05, 0) is 41.5 Å². The number of primary amides is 1. The highest BCUT2D eigenvalue weighted by atomic mass is 32.1. The SMILES string of the molecule is NC(=O)c1ccc(-c2ccc(C3=CC[C@@]4(C=C3)[C@H]3N[O+]34)s2)cc1. The van der Waals surface area contributed by atoms with Crippen LogP contribution < -0.4 is 11.2 Å². The van der Waals surface area contributed by atoms with Crippen LogP contribution in [0.1, 0.15) is 21.7 Å². The van der Waals surface area contributed by atoms with Crippen LogP contribution in [0.15, 0.2) is 54.6 Å². The van der Waals surface area contributed by atoms with E-state index in [1.165, 1.54) is 15.3 Å². The van der Waals surface area contributed by atoms with Gasteiger partial charge in [0.15, 0.2) is 0 Å². The molecule has 114 valence electrons. The van der Waals surface area contributed by atoms with E-state index >= 15 is 0 Å². The molecule has 0 unspecified atom stereocenters. The molecule has 0 saturated carbocycles. The lowest BCUT2D eigenvalue weighted by Crippen LogP contribution is -2.28. The molecule has 0 bridgehead atoms. The Morgan fingerprint density at radius 3 is 2.52 bits per heavy atom. The van der Waals surface area contributed by atoms with E-state index in [0.29, 0.717) is 11.8 Å². The van der Waals surface area contributed by atoms with E-state index in [2.05, 4.69) is 40.3 Å². The number of carbonyl (C=O) groups excluding carboxylic acids is 1. The van der Waals surface area contributed by atoms with Gasteiger partial charge in [0.1, 0.15) is 0 Å². The Hall–Kier alpha value is -2.21. The molecule has 1 aromatic heterocycles. The molecule has 2 saturated heterocycles. The predicted octanol–water partition coefficient (Wildman–Crippen LogP) is 3.01. The van der Waals surface area contributed by atoms with Gasteiger partial charge in [-0.25, -0.2) is 0 Å². The summed E-state index contributed by atoms with van der Waals surface area (Å²) in [6.07, 6.45) is 8.36. The Labute approximate surface area is 137 Å². The Bertz CT molecular complexity index is 871. The zero-order chi connectivity index (χ0) is 15.6. The number of thiophene rings is 1. The second-order valence-corrected chi connectivity index (χ2v) is 7.18. The summed E-state index contributed by atoms with van der Waals surface area (Å²) in [6, 6.07) is 11.7. The average Bonchev–Trinajstić information content (AvgIpc) is 3.44. The molecular formula is C18H15N2O2S+. The van der Waals surface area contributed by atoms with E-state index in [-0.39, 0.29) is 5.60 Å². The van der Waals surface area contributed by atoms with Crippen molar-refractivity contribution in [3.63, 3.8) is 0 Å². The molecule has 23 heavy (non-hydrogen) atoms. The Kier molecular flexibility index (Phi) is 2.54. The Balaban J connectivity index is 1.38. The third-order valence-corrected chi connectivity index (χ3v) is 5.92. The fraction of sp³-hybridized carbons (Fsp3) is 0.167. The molecule has 2 fully saturated rings. The van der Waals surface area contributed by atoms with Gasteiger partial charge in [0.25, 0.3) is 0 Å². The van der Waals surface area contributed by atoms with Crippen molar-refractivity contribution in [1.29, 1.82) is 0 Å². The Morgan fingerprint density at radius 1 is 1.22 bits per heavy atom. The number of nitrogens with two attached hydrogens (primary N) is 1. The van der Waals surface area contributed by atoms with Gasteiger partial charge in [-0.1, -0.05) is 18.2 Å². The largest absolute Gasteiger partial charge is 0.375 e. The van der Waals surface area contributed by atoms with Gasteiger partial charge in [0, 0.05) is 26.9 Å². The van der Waals surface area contributed by atoms with Crippen molar-refractivity contribution in [2.45, 2.75) is 18.2 Å². The van der Waals surface area contributed by atoms with E-state index in [9.17, 15) is 4.79 Å². The third-order valence-electron chi connectivity index (χ3n) is 4.74. The van der Waals surface area contributed by atoms with Crippen LogP contribution in [0.2, 0.25) is 0 Å². The first-order valence-corrected chi connectivity index (χ1v) is 8.38. The number of carbonyl (C=O) groups is 1. The number of hydrogen-bond acceptors (Lipinski definition) is 3. The zero-order valence-electron chi connectivity index (χ0n) is 12.3. The lowest BCUT2D eigenvalue weighted by atomic mass is 9.95. The van der Waals surface area contributed by atoms with Gasteiger partial charge in [0.2, 0.25) is 5.91 Å². The molecule has 3 heterocycles. The second kappa shape index (κ2) is 4.41. The lowest BCUT2D eigenvalue weighted by Gasteiger charge is -2.10. The maximum Gasteiger partial charge on any atom is 0.375 e. The van der Waals surface area contributed by atoms with Crippen molar-refractivity contribution in [3.8, 4) is 10.4 Å². The first-order valence-electron chi connectivity index (χ1n) is 7.57. The highest BCUT2D eigenvalue weighted by molar-refractivity contribution is 7.16. The zero-order valence-corrected chi connectivity index (χ0v) is 13.1. The van der Waals surface area contributed by atoms with Gasteiger partial charge in [0.05, 0.1) is 6.42 Å². The number of hydrogen-bond donors (Lipinski definition) is 2. The molecular weight excluding hydrogens is 308 g/mol. The molecule has 0 radical (unpaired) electrons. The normalized spacial score (nSPS) is 27.7. The molecule has 5 heteroatoms. The van der Waals surface area contributed by atoms with Crippen molar-refractivity contribution in [2.24, 2.45) is 5.73 Å². The first kappa shape index (κ1) is 13.2. The number of allylic oxidation sites excluding steroid dienone is 2. The molecule has 1 aromatic carbocycles. The van der Waals surface area contributed by atoms with E-state index in [1.807, 2.05) is 12.1 Å². The fourth-order valence-corrected chi connectivity index (χ4v) is 4.21. The molecule has 3 aliphatic rings. The predicted molar refractivity (Wildman–Crippen MR) is 90.7 cm³/mol. The second-order valence-electron chi connectivity index (χ2n) is 6.09. The van der Waals surface area contributed by atoms with Gasteiger partial charge in [-0.3, -0.25) is 9.26 Å². The van der Waals surface area contributed by atoms with Crippen LogP contribution in [0, 0.1) is 0 Å². The summed E-state index contributed by atoms with van der Waals surface area (Å²) in [5.74, 6) is -0.393. The molecule has 2 aliphatic heterocycles. The molecule has 1 amide bonds. The van der Waals surface area contributed by atoms with Crippen molar-refractivity contribution in [3.05, 3.63) is 65.1 Å². The summed E-state index contributed by atoms with van der Waals surface area (Å²) in [7, 11) is 0. The molecule has 1 aliphatic carbocycles. The lowest BCUT2D eigenvalue weighted by molar-refractivity contribution is 0.0760. The van der Waals surface area contributed by atoms with E-state index in [0.717, 1.165) is 12.0 Å². The number of fused-ring (bicyclic) bond motifs is 3. The smallest absolute Gasteiger partial charge is 0.366 e. The summed E-state index contributed by atoms with van der Waals surface area (Å²) >= 11 is 1.77. The molecule has 2 aromatic rings. The standard InChI is InChI=1S/C18H14N2O2S/c19-16(21)13-3-1-11(2-4-13)14-5-6-15(23-14)12-7-9-18(10-8-12)17-20-22(17)18/h1-9,17,20H,10H2,(H-,19,21)/p+1/t17-,18-/m0/s1. The van der Waals surface area contributed by atoms with Gasteiger partial charge in [-0.15, -0.1) is 11.3 Å². The number of nitrogens with one attached hydrogen (secondary N) is 1. The number of benzene rings is 1. The highest BCUT2D eigenvalue weighted by Gasteiger charge is 2.89. The third kappa shape index (κ3) is 1.94. The molecule has 4 nitrogen and oxygen atoms in total. The van der Waals surface area contributed by atoms with Crippen LogP contribution in [0.4, 0.5) is 0 Å². The maximum absolute atomic E-state index is 11.1. The number of epoxide rings is 1. The summed E-state index contributed by atoms with van der Waals surface area (Å²) in [4.78, 5) is 13.6. The van der Waals surface area contributed by atoms with Gasteiger partial charge in [-0.2, -0.15) is 0 Å². The van der Waals surface area contributed by atoms with Crippen molar-refractivity contribution in [1.82, 2.24) is 5.48 Å². The molecule has 2 atom stereocenters. The van der Waals surface area contributed by atoms with Crippen LogP contribution in [0.25, 0.3) is 16.0 Å². The van der Waals surface area contributed by atoms with Gasteiger partial charge < -0.3 is 5.73 Å². The van der Waals surface area contributed by atoms with E-state index in [1.54, 1.807) is 23.5 Å². The van der Waals surface area contributed by atoms with Crippen molar-refractivity contribution >= 4 is 22.8 Å². The van der Waals surface area contributed by atoms with E-state index in [4.69, 9.17) is 5.73 Å². The van der Waals surface area contributed by atoms with Gasteiger partial charge >= 0.3 is 11.8 Å². The maximum atomic E-state index is 11.1. The minimum Gasteiger partial charge on any atom is -0.366 e. The van der Waals surface area contributed by atoms with Crippen molar-refractivity contribution in [2.75, 3.05) is 0 Å². The highest BCUT2D eigenvalue weighted by Crippen LogP contribution is 2.60. The monoisotopic (exact) mass is 323 g/mol. The van der Waals surface area contributed by atoms with Crippen molar-refractivity contribution < 1.29 is 9.26 Å². The molecule has 1 spiro atoms. The first-order chi connectivity index (χ1) is 11.2. The van der Waals surface area contributed by atoms with Crippen LogP contribution in [0.3, 0.4) is 0 Å². The average molecular weight is 323 g/mol. The topological polar surface area (TPSA) is 67.7 Å². The summed E-state index contributed by atoms with van der Waals surface area (Å²) in [5, 5.41) is 0. The van der Waals surface area contributed by atoms with Crippen LogP contribution in [-0.2, 0) is 4.47 Å². The number of amides is 1. The molecule has 5 rings (SSSR count). The summed E-state index contributed by atoms with van der Waals surface area (Å²) in [6.45, 7) is 0. The van der Waals surface area contributed by atoms with Crippen LogP contribution >= 0.6 is 11.3 Å².